The molecule has 1 unspecified atom stereocenters. The van der Waals surface area contributed by atoms with E-state index in [9.17, 15) is 27.9 Å². The summed E-state index contributed by atoms with van der Waals surface area (Å²) >= 11 is 0. The molecule has 0 saturated carbocycles. The van der Waals surface area contributed by atoms with Crippen molar-refractivity contribution >= 4 is 17.8 Å². The molecule has 166 valence electrons. The van der Waals surface area contributed by atoms with Crippen molar-refractivity contribution in [2.45, 2.75) is 17.8 Å². The van der Waals surface area contributed by atoms with E-state index in [-0.39, 0.29) is 23.6 Å². The van der Waals surface area contributed by atoms with Crippen molar-refractivity contribution in [2.24, 2.45) is 0 Å². The molecular weight excluding hydrogens is 411 g/mol. The first-order valence-electron chi connectivity index (χ1n) is 8.83. The Morgan fingerprint density at radius 1 is 1.23 bits per heavy atom. The number of alkyl halides is 3. The molecule has 1 spiro atoms. The number of hydrogen-bond acceptors (Lipinski definition) is 6. The molecule has 1 atom stereocenters. The highest BCUT2D eigenvalue weighted by Gasteiger charge is 2.51. The number of likely N-dealkylation sites (tertiary alicyclic amines) is 1. The van der Waals surface area contributed by atoms with Crippen LogP contribution in [-0.2, 0) is 14.3 Å². The molecule has 0 radical (unpaired) electrons. The van der Waals surface area contributed by atoms with Gasteiger partial charge in [0.15, 0.2) is 0 Å². The predicted octanol–water partition coefficient (Wildman–Crippen LogP) is 0.297. The minimum Gasteiger partial charge on any atom is -0.508 e. The number of aromatic hydroxyl groups is 1. The van der Waals surface area contributed by atoms with Crippen LogP contribution in [0.15, 0.2) is 24.3 Å². The number of morpholine rings is 1. The Kier molecular flexibility index (Phi) is 6.93. The maximum absolute atomic E-state index is 12.4. The number of rotatable bonds is 2. The average Bonchev–Trinajstić information content (AvgIpc) is 2.64. The number of halogens is 3. The lowest BCUT2D eigenvalue weighted by Gasteiger charge is -2.54. The van der Waals surface area contributed by atoms with Gasteiger partial charge in [0.25, 0.3) is 5.91 Å². The van der Waals surface area contributed by atoms with Crippen molar-refractivity contribution in [3.8, 4) is 5.75 Å². The standard InChI is InChI=1S/C16H21N3O4.C2HF3O2/c1-17-14(21)13-7-23-16(8-18(13)2)9-19(10-16)15(22)11-4-3-5-12(20)6-11;3-2(4,5)1(6)7/h3-6,13,20H,7-10H2,1-2H3,(H,17,21);(H,6,7). The van der Waals surface area contributed by atoms with Crippen LogP contribution in [0.25, 0.3) is 0 Å². The van der Waals surface area contributed by atoms with Gasteiger partial charge < -0.3 is 25.2 Å². The summed E-state index contributed by atoms with van der Waals surface area (Å²) in [5, 5.41) is 19.2. The van der Waals surface area contributed by atoms with Gasteiger partial charge in [-0.2, -0.15) is 13.2 Å². The molecule has 12 heteroatoms. The molecule has 0 bridgehead atoms. The molecule has 9 nitrogen and oxygen atoms in total. The van der Waals surface area contributed by atoms with Gasteiger partial charge in [0.05, 0.1) is 19.7 Å². The molecule has 1 aromatic rings. The first kappa shape index (κ1) is 23.4. The smallest absolute Gasteiger partial charge is 0.490 e. The number of nitrogens with zero attached hydrogens (tertiary/aromatic N) is 2. The molecule has 2 fully saturated rings. The van der Waals surface area contributed by atoms with Crippen LogP contribution < -0.4 is 5.32 Å². The molecule has 2 saturated heterocycles. The van der Waals surface area contributed by atoms with Crippen LogP contribution in [0.3, 0.4) is 0 Å². The number of carboxylic acid groups (broad SMARTS) is 1. The maximum atomic E-state index is 12.4. The van der Waals surface area contributed by atoms with E-state index in [0.29, 0.717) is 31.8 Å². The number of carbonyl (C=O) groups is 3. The monoisotopic (exact) mass is 433 g/mol. The lowest BCUT2D eigenvalue weighted by Crippen LogP contribution is -2.73. The highest BCUT2D eigenvalue weighted by atomic mass is 19.4. The first-order chi connectivity index (χ1) is 13.9. The Bertz CT molecular complexity index is 811. The van der Waals surface area contributed by atoms with Crippen molar-refractivity contribution in [3.63, 3.8) is 0 Å². The molecule has 30 heavy (non-hydrogen) atoms. The summed E-state index contributed by atoms with van der Waals surface area (Å²) in [7, 11) is 3.50. The van der Waals surface area contributed by atoms with E-state index in [0.717, 1.165) is 0 Å². The van der Waals surface area contributed by atoms with E-state index >= 15 is 0 Å². The minimum atomic E-state index is -5.08. The van der Waals surface area contributed by atoms with Crippen molar-refractivity contribution in [1.82, 2.24) is 15.1 Å². The number of amides is 2. The van der Waals surface area contributed by atoms with Crippen LogP contribution >= 0.6 is 0 Å². The molecule has 0 aromatic heterocycles. The largest absolute Gasteiger partial charge is 0.508 e. The van der Waals surface area contributed by atoms with Crippen LogP contribution in [-0.4, -0.2) is 96.0 Å². The molecule has 2 amide bonds. The van der Waals surface area contributed by atoms with Gasteiger partial charge in [0.2, 0.25) is 5.91 Å². The second-order valence-corrected chi connectivity index (χ2v) is 7.05. The summed E-state index contributed by atoms with van der Waals surface area (Å²) in [6.45, 7) is 1.91. The van der Waals surface area contributed by atoms with Gasteiger partial charge >= 0.3 is 12.1 Å². The fourth-order valence-electron chi connectivity index (χ4n) is 3.24. The fraction of sp³-hybridized carbons (Fsp3) is 0.500. The number of ether oxygens (including phenoxy) is 1. The Morgan fingerprint density at radius 3 is 2.30 bits per heavy atom. The molecular formula is C18H22F3N3O6. The first-order valence-corrected chi connectivity index (χ1v) is 8.83. The molecule has 2 aliphatic heterocycles. The number of nitrogens with one attached hydrogen (secondary N) is 1. The van der Waals surface area contributed by atoms with E-state index in [1.54, 1.807) is 24.1 Å². The number of carboxylic acids is 1. The number of aliphatic carboxylic acids is 1. The Labute approximate surface area is 170 Å². The van der Waals surface area contributed by atoms with E-state index in [4.69, 9.17) is 14.6 Å². The molecule has 1 aromatic carbocycles. The molecule has 3 N–H and O–H groups in total. The van der Waals surface area contributed by atoms with Crippen molar-refractivity contribution < 1.29 is 42.5 Å². The molecule has 2 heterocycles. The second kappa shape index (κ2) is 8.88. The summed E-state index contributed by atoms with van der Waals surface area (Å²) in [4.78, 5) is 36.7. The third kappa shape index (κ3) is 5.39. The summed E-state index contributed by atoms with van der Waals surface area (Å²) in [5.41, 5.74) is 0.0680. The average molecular weight is 433 g/mol. The second-order valence-electron chi connectivity index (χ2n) is 7.05. The van der Waals surface area contributed by atoms with Gasteiger partial charge in [0, 0.05) is 19.2 Å². The van der Waals surface area contributed by atoms with Gasteiger partial charge in [0.1, 0.15) is 17.4 Å². The maximum Gasteiger partial charge on any atom is 0.490 e. The number of phenols is 1. The lowest BCUT2D eigenvalue weighted by molar-refractivity contribution is -0.192. The number of likely N-dealkylation sites (N-methyl/N-ethyl adjacent to an activating group) is 2. The van der Waals surface area contributed by atoms with Gasteiger partial charge in [-0.1, -0.05) is 6.07 Å². The third-order valence-electron chi connectivity index (χ3n) is 4.75. The third-order valence-corrected chi connectivity index (χ3v) is 4.75. The van der Waals surface area contributed by atoms with E-state index in [1.807, 2.05) is 11.9 Å². The number of phenolic OH excluding ortho intramolecular Hbond substituents is 1. The van der Waals surface area contributed by atoms with Crippen molar-refractivity contribution in [1.29, 1.82) is 0 Å². The highest BCUT2D eigenvalue weighted by Crippen LogP contribution is 2.31. The van der Waals surface area contributed by atoms with Gasteiger partial charge in [-0.05, 0) is 25.2 Å². The van der Waals surface area contributed by atoms with Crippen LogP contribution in [0.4, 0.5) is 13.2 Å². The predicted molar refractivity (Wildman–Crippen MR) is 96.9 cm³/mol. The topological polar surface area (TPSA) is 119 Å². The normalized spacial score (nSPS) is 20.6. The number of hydrogen-bond donors (Lipinski definition) is 3. The Morgan fingerprint density at radius 2 is 1.83 bits per heavy atom. The molecule has 2 aliphatic rings. The summed E-state index contributed by atoms with van der Waals surface area (Å²) in [6, 6.07) is 6.04. The summed E-state index contributed by atoms with van der Waals surface area (Å²) < 4.78 is 37.6. The van der Waals surface area contributed by atoms with E-state index < -0.39 is 17.7 Å². The number of benzene rings is 1. The van der Waals surface area contributed by atoms with Crippen molar-refractivity contribution in [2.75, 3.05) is 40.3 Å². The van der Waals surface area contributed by atoms with E-state index in [1.165, 1.54) is 12.1 Å². The quantitative estimate of drug-likeness (QED) is 0.614. The Hall–Kier alpha value is -2.86. The van der Waals surface area contributed by atoms with Crippen LogP contribution in [0.2, 0.25) is 0 Å². The van der Waals surface area contributed by atoms with Crippen molar-refractivity contribution in [3.05, 3.63) is 29.8 Å². The van der Waals surface area contributed by atoms with Gasteiger partial charge in [-0.25, -0.2) is 4.79 Å². The fourth-order valence-corrected chi connectivity index (χ4v) is 3.24. The minimum absolute atomic E-state index is 0.0608. The summed E-state index contributed by atoms with van der Waals surface area (Å²) in [6.07, 6.45) is -5.08. The van der Waals surface area contributed by atoms with E-state index in [2.05, 4.69) is 5.32 Å². The molecule has 3 rings (SSSR count). The van der Waals surface area contributed by atoms with Crippen LogP contribution in [0.5, 0.6) is 5.75 Å². The SMILES string of the molecule is CNC(=O)C1COC2(CN(C(=O)c3cccc(O)c3)C2)CN1C.O=C(O)C(F)(F)F. The van der Waals surface area contributed by atoms with Gasteiger partial charge in [-0.15, -0.1) is 0 Å². The van der Waals surface area contributed by atoms with Crippen LogP contribution in [0.1, 0.15) is 10.4 Å². The zero-order chi connectivity index (χ0) is 22.7. The molecule has 0 aliphatic carbocycles. The summed E-state index contributed by atoms with van der Waals surface area (Å²) in [5.74, 6) is -2.86. The zero-order valence-corrected chi connectivity index (χ0v) is 16.3. The number of carbonyl (C=O) groups excluding carboxylic acids is 2. The lowest BCUT2D eigenvalue weighted by atomic mass is 9.90. The zero-order valence-electron chi connectivity index (χ0n) is 16.3. The highest BCUT2D eigenvalue weighted by molar-refractivity contribution is 5.95. The Balaban J connectivity index is 0.000000396. The van der Waals surface area contributed by atoms with Gasteiger partial charge in [-0.3, -0.25) is 14.5 Å². The van der Waals surface area contributed by atoms with Crippen LogP contribution in [0, 0.1) is 0 Å².